The molecule has 1 aromatic carbocycles. The molecule has 0 spiro atoms. The predicted octanol–water partition coefficient (Wildman–Crippen LogP) is 3.67. The van der Waals surface area contributed by atoms with Gasteiger partial charge in [-0.3, -0.25) is 0 Å². The Bertz CT molecular complexity index is 222. The molecule has 0 aliphatic carbocycles. The monoisotopic (exact) mass is 267 g/mol. The Kier molecular flexibility index (Phi) is 2.56. The van der Waals surface area contributed by atoms with Crippen molar-refractivity contribution in [2.45, 2.75) is 0 Å². The van der Waals surface area contributed by atoms with Crippen LogP contribution in [0.2, 0.25) is 5.02 Å². The van der Waals surface area contributed by atoms with Crippen LogP contribution >= 0.6 is 43.5 Å². The van der Waals surface area contributed by atoms with Crippen molar-refractivity contribution in [1.29, 1.82) is 0 Å². The van der Waals surface area contributed by atoms with Crippen LogP contribution in [0.5, 0.6) is 0 Å². The molecular formula is C6H2Br2Cl. The Morgan fingerprint density at radius 1 is 1.44 bits per heavy atom. The van der Waals surface area contributed by atoms with Crippen LogP contribution in [0.3, 0.4) is 0 Å². The van der Waals surface area contributed by atoms with Gasteiger partial charge in [0.1, 0.15) is 0 Å². The second-order valence-corrected chi connectivity index (χ2v) is 3.56. The SMILES string of the molecule is Clc1c[c]c(Br)c(Br)c1. The first-order valence-electron chi connectivity index (χ1n) is 2.22. The fraction of sp³-hybridized carbons (Fsp3) is 0. The summed E-state index contributed by atoms with van der Waals surface area (Å²) in [6.45, 7) is 0. The van der Waals surface area contributed by atoms with Crippen molar-refractivity contribution in [3.05, 3.63) is 32.2 Å². The molecule has 0 bridgehead atoms. The molecule has 0 aliphatic heterocycles. The Morgan fingerprint density at radius 3 is 2.56 bits per heavy atom. The third-order valence-electron chi connectivity index (χ3n) is 0.811. The second kappa shape index (κ2) is 3.04. The average Bonchev–Trinajstić information content (AvgIpc) is 1.80. The maximum absolute atomic E-state index is 5.63. The van der Waals surface area contributed by atoms with Gasteiger partial charge >= 0.3 is 0 Å². The highest BCUT2D eigenvalue weighted by Crippen LogP contribution is 2.24. The highest BCUT2D eigenvalue weighted by Gasteiger charge is 1.94. The first-order valence-corrected chi connectivity index (χ1v) is 4.19. The van der Waals surface area contributed by atoms with Gasteiger partial charge in [0, 0.05) is 14.0 Å². The molecule has 1 aromatic rings. The summed E-state index contributed by atoms with van der Waals surface area (Å²) in [4.78, 5) is 0. The summed E-state index contributed by atoms with van der Waals surface area (Å²) >= 11 is 12.2. The van der Waals surface area contributed by atoms with Crippen LogP contribution in [0, 0.1) is 6.07 Å². The summed E-state index contributed by atoms with van der Waals surface area (Å²) in [5, 5.41) is 0.685. The number of hydrogen-bond donors (Lipinski definition) is 0. The predicted molar refractivity (Wildman–Crippen MR) is 45.7 cm³/mol. The van der Waals surface area contributed by atoms with Gasteiger partial charge in [0.15, 0.2) is 0 Å². The summed E-state index contributed by atoms with van der Waals surface area (Å²) < 4.78 is 1.82. The lowest BCUT2D eigenvalue weighted by molar-refractivity contribution is 1.57. The van der Waals surface area contributed by atoms with Crippen molar-refractivity contribution < 1.29 is 0 Å². The summed E-state index contributed by atoms with van der Waals surface area (Å²) in [6, 6.07) is 6.42. The Hall–Kier alpha value is 0.470. The van der Waals surface area contributed by atoms with E-state index in [0.717, 1.165) is 8.95 Å². The van der Waals surface area contributed by atoms with Crippen LogP contribution < -0.4 is 0 Å². The molecule has 0 N–H and O–H groups in total. The molecule has 0 saturated heterocycles. The topological polar surface area (TPSA) is 0 Å². The van der Waals surface area contributed by atoms with Crippen molar-refractivity contribution in [3.63, 3.8) is 0 Å². The van der Waals surface area contributed by atoms with Gasteiger partial charge in [0.25, 0.3) is 0 Å². The van der Waals surface area contributed by atoms with E-state index in [1.165, 1.54) is 0 Å². The molecule has 0 fully saturated rings. The van der Waals surface area contributed by atoms with Gasteiger partial charge in [0.05, 0.1) is 0 Å². The first kappa shape index (κ1) is 7.58. The Morgan fingerprint density at radius 2 is 2.11 bits per heavy atom. The van der Waals surface area contributed by atoms with Gasteiger partial charge in [-0.1, -0.05) is 11.6 Å². The number of halogens is 3. The van der Waals surface area contributed by atoms with E-state index < -0.39 is 0 Å². The van der Waals surface area contributed by atoms with Crippen molar-refractivity contribution in [2.24, 2.45) is 0 Å². The maximum Gasteiger partial charge on any atom is 0.0424 e. The molecule has 0 atom stereocenters. The molecule has 1 radical (unpaired) electrons. The molecule has 0 amide bonds. The molecule has 0 nitrogen and oxygen atoms in total. The lowest BCUT2D eigenvalue weighted by Gasteiger charge is -1.92. The number of hydrogen-bond acceptors (Lipinski definition) is 0. The maximum atomic E-state index is 5.63. The molecular weight excluding hydrogens is 267 g/mol. The lowest BCUT2D eigenvalue weighted by atomic mass is 10.4. The average molecular weight is 269 g/mol. The van der Waals surface area contributed by atoms with Crippen LogP contribution in [0.25, 0.3) is 0 Å². The lowest BCUT2D eigenvalue weighted by Crippen LogP contribution is -1.68. The third-order valence-corrected chi connectivity index (χ3v) is 2.84. The quantitative estimate of drug-likeness (QED) is 0.630. The minimum Gasteiger partial charge on any atom is -0.0843 e. The summed E-state index contributed by atoms with van der Waals surface area (Å²) in [5.41, 5.74) is 0. The van der Waals surface area contributed by atoms with Gasteiger partial charge in [0.2, 0.25) is 0 Å². The van der Waals surface area contributed by atoms with Gasteiger partial charge in [-0.05, 0) is 50.1 Å². The molecule has 0 aromatic heterocycles. The third kappa shape index (κ3) is 1.95. The van der Waals surface area contributed by atoms with Crippen LogP contribution in [-0.2, 0) is 0 Å². The largest absolute Gasteiger partial charge is 0.0843 e. The van der Waals surface area contributed by atoms with E-state index in [4.69, 9.17) is 11.6 Å². The standard InChI is InChI=1S/C6H2Br2Cl/c7-5-2-1-4(9)3-6(5)8/h1,3H. The molecule has 0 unspecified atom stereocenters. The van der Waals surface area contributed by atoms with Crippen molar-refractivity contribution in [2.75, 3.05) is 0 Å². The van der Waals surface area contributed by atoms with E-state index in [1.807, 2.05) is 6.07 Å². The molecule has 3 heteroatoms. The first-order chi connectivity index (χ1) is 4.20. The zero-order chi connectivity index (χ0) is 6.85. The van der Waals surface area contributed by atoms with Crippen LogP contribution in [-0.4, -0.2) is 0 Å². The van der Waals surface area contributed by atoms with Gasteiger partial charge in [-0.25, -0.2) is 0 Å². The van der Waals surface area contributed by atoms with Gasteiger partial charge in [-0.2, -0.15) is 0 Å². The molecule has 47 valence electrons. The van der Waals surface area contributed by atoms with Gasteiger partial charge in [-0.15, -0.1) is 0 Å². The van der Waals surface area contributed by atoms with Crippen LogP contribution in [0.4, 0.5) is 0 Å². The van der Waals surface area contributed by atoms with E-state index in [-0.39, 0.29) is 0 Å². The summed E-state index contributed by atoms with van der Waals surface area (Å²) in [6.07, 6.45) is 0. The summed E-state index contributed by atoms with van der Waals surface area (Å²) in [7, 11) is 0. The molecule has 0 saturated carbocycles. The molecule has 0 heterocycles. The molecule has 1 rings (SSSR count). The van der Waals surface area contributed by atoms with Crippen molar-refractivity contribution in [1.82, 2.24) is 0 Å². The molecule has 9 heavy (non-hydrogen) atoms. The van der Waals surface area contributed by atoms with Gasteiger partial charge < -0.3 is 0 Å². The van der Waals surface area contributed by atoms with E-state index in [9.17, 15) is 0 Å². The summed E-state index contributed by atoms with van der Waals surface area (Å²) in [5.74, 6) is 0. The second-order valence-electron chi connectivity index (χ2n) is 1.48. The minimum atomic E-state index is 0.685. The Balaban J connectivity index is 3.17. The zero-order valence-electron chi connectivity index (χ0n) is 4.29. The highest BCUT2D eigenvalue weighted by atomic mass is 79.9. The van der Waals surface area contributed by atoms with E-state index in [2.05, 4.69) is 37.9 Å². The normalized spacial score (nSPS) is 9.67. The fourth-order valence-corrected chi connectivity index (χ4v) is 1.31. The number of rotatable bonds is 0. The molecule has 0 aliphatic rings. The minimum absolute atomic E-state index is 0.685. The number of benzene rings is 1. The zero-order valence-corrected chi connectivity index (χ0v) is 8.22. The fourth-order valence-electron chi connectivity index (χ4n) is 0.427. The Labute approximate surface area is 75.5 Å². The van der Waals surface area contributed by atoms with E-state index >= 15 is 0 Å². The van der Waals surface area contributed by atoms with Crippen LogP contribution in [0.15, 0.2) is 21.1 Å². The van der Waals surface area contributed by atoms with Crippen LogP contribution in [0.1, 0.15) is 0 Å². The smallest absolute Gasteiger partial charge is 0.0424 e. The van der Waals surface area contributed by atoms with E-state index in [0.29, 0.717) is 5.02 Å². The van der Waals surface area contributed by atoms with E-state index in [1.54, 1.807) is 6.07 Å². The highest BCUT2D eigenvalue weighted by molar-refractivity contribution is 9.13. The van der Waals surface area contributed by atoms with Crippen molar-refractivity contribution >= 4 is 43.5 Å². The van der Waals surface area contributed by atoms with Crippen molar-refractivity contribution in [3.8, 4) is 0 Å².